The van der Waals surface area contributed by atoms with Crippen LogP contribution < -0.4 is 5.73 Å². The van der Waals surface area contributed by atoms with E-state index in [1.807, 2.05) is 0 Å². The van der Waals surface area contributed by atoms with Crippen LogP contribution in [0.4, 0.5) is 0 Å². The predicted molar refractivity (Wildman–Crippen MR) is 88.6 cm³/mol. The van der Waals surface area contributed by atoms with Crippen molar-refractivity contribution < 1.29 is 4.74 Å². The fourth-order valence-corrected chi connectivity index (χ4v) is 3.78. The van der Waals surface area contributed by atoms with Gasteiger partial charge in [-0.1, -0.05) is 6.92 Å². The summed E-state index contributed by atoms with van der Waals surface area (Å²) < 4.78 is 5.92. The molecule has 2 rings (SSSR count). The number of piperidine rings is 1. The van der Waals surface area contributed by atoms with Gasteiger partial charge in [0.1, 0.15) is 0 Å². The molecular formula is C17H35N3O. The van der Waals surface area contributed by atoms with E-state index in [1.165, 1.54) is 71.2 Å². The molecule has 0 bridgehead atoms. The van der Waals surface area contributed by atoms with E-state index >= 15 is 0 Å². The summed E-state index contributed by atoms with van der Waals surface area (Å²) in [5.41, 5.74) is 5.52. The Morgan fingerprint density at radius 3 is 2.57 bits per heavy atom. The van der Waals surface area contributed by atoms with Crippen LogP contribution in [0.15, 0.2) is 0 Å². The van der Waals surface area contributed by atoms with E-state index in [1.54, 1.807) is 0 Å². The van der Waals surface area contributed by atoms with E-state index in [-0.39, 0.29) is 0 Å². The Labute approximate surface area is 131 Å². The Balaban J connectivity index is 1.67. The molecule has 2 fully saturated rings. The molecule has 0 radical (unpaired) electrons. The zero-order valence-electron chi connectivity index (χ0n) is 13.9. The molecule has 1 atom stereocenters. The molecule has 4 heteroatoms. The Kier molecular flexibility index (Phi) is 8.01. The first-order valence-electron chi connectivity index (χ1n) is 9.11. The highest BCUT2D eigenvalue weighted by Gasteiger charge is 2.26. The largest absolute Gasteiger partial charge is 0.378 e. The molecule has 2 N–H and O–H groups in total. The molecule has 2 heterocycles. The first kappa shape index (κ1) is 17.2. The standard InChI is InChI=1S/C17H35N3O/c1-2-10-19-11-3-5-16(6-12-19)20-13-7-17(8-14-20)21-15-4-9-18/h16-17H,2-15,18H2,1H3. The van der Waals surface area contributed by atoms with Crippen LogP contribution in [0.5, 0.6) is 0 Å². The van der Waals surface area contributed by atoms with Crippen LogP contribution >= 0.6 is 0 Å². The zero-order chi connectivity index (χ0) is 14.9. The summed E-state index contributed by atoms with van der Waals surface area (Å²) in [6, 6.07) is 0.817. The molecule has 4 nitrogen and oxygen atoms in total. The molecule has 0 spiro atoms. The predicted octanol–water partition coefficient (Wildman–Crippen LogP) is 2.08. The van der Waals surface area contributed by atoms with Gasteiger partial charge in [0.2, 0.25) is 0 Å². The Hall–Kier alpha value is -0.160. The lowest BCUT2D eigenvalue weighted by Crippen LogP contribution is -2.43. The Morgan fingerprint density at radius 1 is 1.05 bits per heavy atom. The summed E-state index contributed by atoms with van der Waals surface area (Å²) >= 11 is 0. The van der Waals surface area contributed by atoms with E-state index in [2.05, 4.69) is 16.7 Å². The van der Waals surface area contributed by atoms with E-state index in [0.29, 0.717) is 6.10 Å². The highest BCUT2D eigenvalue weighted by atomic mass is 16.5. The minimum absolute atomic E-state index is 0.482. The summed E-state index contributed by atoms with van der Waals surface area (Å²) in [5.74, 6) is 0. The molecule has 0 amide bonds. The van der Waals surface area contributed by atoms with Crippen molar-refractivity contribution >= 4 is 0 Å². The molecule has 2 aliphatic rings. The molecular weight excluding hydrogens is 262 g/mol. The number of nitrogens with zero attached hydrogens (tertiary/aromatic N) is 2. The molecule has 124 valence electrons. The first-order chi connectivity index (χ1) is 10.3. The van der Waals surface area contributed by atoms with Gasteiger partial charge in [-0.3, -0.25) is 0 Å². The van der Waals surface area contributed by atoms with E-state index in [0.717, 1.165) is 25.6 Å². The molecule has 21 heavy (non-hydrogen) atoms. The van der Waals surface area contributed by atoms with Gasteiger partial charge in [0.15, 0.2) is 0 Å². The number of ether oxygens (including phenoxy) is 1. The highest BCUT2D eigenvalue weighted by molar-refractivity contribution is 4.82. The summed E-state index contributed by atoms with van der Waals surface area (Å²) in [5, 5.41) is 0. The zero-order valence-corrected chi connectivity index (χ0v) is 13.9. The van der Waals surface area contributed by atoms with Crippen LogP contribution in [0.1, 0.15) is 51.9 Å². The summed E-state index contributed by atoms with van der Waals surface area (Å²) in [4.78, 5) is 5.39. The van der Waals surface area contributed by atoms with Gasteiger partial charge >= 0.3 is 0 Å². The van der Waals surface area contributed by atoms with E-state index in [9.17, 15) is 0 Å². The van der Waals surface area contributed by atoms with Crippen molar-refractivity contribution in [1.82, 2.24) is 9.80 Å². The quantitative estimate of drug-likeness (QED) is 0.731. The lowest BCUT2D eigenvalue weighted by atomic mass is 10.0. The average molecular weight is 297 g/mol. The van der Waals surface area contributed by atoms with E-state index in [4.69, 9.17) is 10.5 Å². The van der Waals surface area contributed by atoms with Crippen LogP contribution in [0.2, 0.25) is 0 Å². The van der Waals surface area contributed by atoms with Crippen molar-refractivity contribution in [2.45, 2.75) is 64.0 Å². The van der Waals surface area contributed by atoms with Gasteiger partial charge in [0, 0.05) is 25.7 Å². The van der Waals surface area contributed by atoms with Crippen LogP contribution in [0.3, 0.4) is 0 Å². The molecule has 0 aromatic heterocycles. The van der Waals surface area contributed by atoms with Crippen LogP contribution in [0.25, 0.3) is 0 Å². The maximum absolute atomic E-state index is 5.92. The maximum Gasteiger partial charge on any atom is 0.0599 e. The molecule has 0 aliphatic carbocycles. The van der Waals surface area contributed by atoms with Gasteiger partial charge in [-0.25, -0.2) is 0 Å². The minimum atomic E-state index is 0.482. The van der Waals surface area contributed by atoms with Crippen molar-refractivity contribution in [3.05, 3.63) is 0 Å². The van der Waals surface area contributed by atoms with Gasteiger partial charge in [-0.2, -0.15) is 0 Å². The van der Waals surface area contributed by atoms with Gasteiger partial charge in [-0.15, -0.1) is 0 Å². The molecule has 1 unspecified atom stereocenters. The Bertz CT molecular complexity index is 267. The van der Waals surface area contributed by atoms with Crippen LogP contribution in [0, 0.1) is 0 Å². The average Bonchev–Trinajstić information content (AvgIpc) is 2.74. The highest BCUT2D eigenvalue weighted by Crippen LogP contribution is 2.22. The lowest BCUT2D eigenvalue weighted by Gasteiger charge is -2.37. The van der Waals surface area contributed by atoms with Gasteiger partial charge in [0.05, 0.1) is 6.10 Å². The fourth-order valence-electron chi connectivity index (χ4n) is 3.78. The summed E-state index contributed by atoms with van der Waals surface area (Å²) in [6.45, 7) is 10.2. The monoisotopic (exact) mass is 297 g/mol. The minimum Gasteiger partial charge on any atom is -0.378 e. The van der Waals surface area contributed by atoms with Gasteiger partial charge in [-0.05, 0) is 71.1 Å². The number of likely N-dealkylation sites (tertiary alicyclic amines) is 2. The SMILES string of the molecule is CCCN1CCCC(N2CCC(OCCCN)CC2)CC1. The van der Waals surface area contributed by atoms with Crippen LogP contribution in [-0.4, -0.2) is 67.8 Å². The van der Waals surface area contributed by atoms with Crippen LogP contribution in [-0.2, 0) is 4.74 Å². The summed E-state index contributed by atoms with van der Waals surface area (Å²) in [6.07, 6.45) is 9.30. The summed E-state index contributed by atoms with van der Waals surface area (Å²) in [7, 11) is 0. The fraction of sp³-hybridized carbons (Fsp3) is 1.00. The number of nitrogens with two attached hydrogens (primary N) is 1. The molecule has 2 aliphatic heterocycles. The second-order valence-electron chi connectivity index (χ2n) is 6.67. The topological polar surface area (TPSA) is 41.7 Å². The second-order valence-corrected chi connectivity index (χ2v) is 6.67. The number of hydrogen-bond donors (Lipinski definition) is 1. The Morgan fingerprint density at radius 2 is 1.86 bits per heavy atom. The molecule has 0 aromatic rings. The second kappa shape index (κ2) is 9.78. The number of hydrogen-bond acceptors (Lipinski definition) is 4. The lowest BCUT2D eigenvalue weighted by molar-refractivity contribution is -0.00365. The normalized spacial score (nSPS) is 26.9. The first-order valence-corrected chi connectivity index (χ1v) is 9.11. The third kappa shape index (κ3) is 5.85. The van der Waals surface area contributed by atoms with E-state index < -0.39 is 0 Å². The van der Waals surface area contributed by atoms with Crippen molar-refractivity contribution in [2.24, 2.45) is 5.73 Å². The van der Waals surface area contributed by atoms with Crippen molar-refractivity contribution in [2.75, 3.05) is 45.9 Å². The number of rotatable bonds is 7. The van der Waals surface area contributed by atoms with Crippen molar-refractivity contribution in [1.29, 1.82) is 0 Å². The van der Waals surface area contributed by atoms with Crippen molar-refractivity contribution in [3.8, 4) is 0 Å². The molecule has 0 saturated carbocycles. The van der Waals surface area contributed by atoms with Crippen molar-refractivity contribution in [3.63, 3.8) is 0 Å². The molecule has 2 saturated heterocycles. The van der Waals surface area contributed by atoms with Gasteiger partial charge < -0.3 is 20.3 Å². The van der Waals surface area contributed by atoms with Gasteiger partial charge in [0.25, 0.3) is 0 Å². The molecule has 0 aromatic carbocycles. The third-order valence-corrected chi connectivity index (χ3v) is 5.03. The third-order valence-electron chi connectivity index (χ3n) is 5.03. The smallest absolute Gasteiger partial charge is 0.0599 e. The maximum atomic E-state index is 5.92.